The highest BCUT2D eigenvalue weighted by molar-refractivity contribution is 5.85. The van der Waals surface area contributed by atoms with Crippen LogP contribution in [0.3, 0.4) is 0 Å². The molecule has 3 rings (SSSR count). The fraction of sp³-hybridized carbons (Fsp3) is 0.818. The molecule has 3 saturated carbocycles. The fourth-order valence-corrected chi connectivity index (χ4v) is 6.70. The smallest absolute Gasteiger partial charge is 0.332 e. The molecular formula is C22H34O5. The average molecular weight is 379 g/mol. The molecule has 3 fully saturated rings. The van der Waals surface area contributed by atoms with E-state index in [1.807, 2.05) is 6.92 Å². The Hall–Kier alpha value is -1.20. The molecule has 3 aliphatic carbocycles. The zero-order valence-electron chi connectivity index (χ0n) is 17.0. The van der Waals surface area contributed by atoms with Crippen molar-refractivity contribution in [3.05, 3.63) is 12.7 Å². The number of ether oxygens (including phenoxy) is 1. The maximum absolute atomic E-state index is 13.1. The topological polar surface area (TPSA) is 83.8 Å². The lowest BCUT2D eigenvalue weighted by atomic mass is 9.44. The van der Waals surface area contributed by atoms with Crippen LogP contribution in [0.5, 0.6) is 0 Å². The maximum Gasteiger partial charge on any atom is 0.332 e. The minimum absolute atomic E-state index is 0.0433. The first-order valence-corrected chi connectivity index (χ1v) is 10.2. The number of esters is 1. The summed E-state index contributed by atoms with van der Waals surface area (Å²) in [4.78, 5) is 25.2. The van der Waals surface area contributed by atoms with Crippen molar-refractivity contribution in [1.82, 2.24) is 0 Å². The molecule has 3 aliphatic rings. The van der Waals surface area contributed by atoms with Gasteiger partial charge in [0.25, 0.3) is 0 Å². The average Bonchev–Trinajstić information content (AvgIpc) is 3.00. The molecule has 0 aromatic carbocycles. The summed E-state index contributed by atoms with van der Waals surface area (Å²) in [6, 6.07) is 0. The predicted molar refractivity (Wildman–Crippen MR) is 102 cm³/mol. The molecule has 0 heterocycles. The summed E-state index contributed by atoms with van der Waals surface area (Å²) in [6.07, 6.45) is 4.10. The minimum atomic E-state index is -0.686. The largest absolute Gasteiger partial charge is 0.460 e. The van der Waals surface area contributed by atoms with E-state index in [0.29, 0.717) is 12.8 Å². The van der Waals surface area contributed by atoms with E-state index in [0.717, 1.165) is 19.3 Å². The highest BCUT2D eigenvalue weighted by Gasteiger charge is 2.68. The van der Waals surface area contributed by atoms with Gasteiger partial charge in [-0.1, -0.05) is 33.8 Å². The Balaban J connectivity index is 2.21. The lowest BCUT2D eigenvalue weighted by molar-refractivity contribution is -0.207. The van der Waals surface area contributed by atoms with Gasteiger partial charge in [0.15, 0.2) is 0 Å². The second-order valence-corrected chi connectivity index (χ2v) is 9.72. The first kappa shape index (κ1) is 20.5. The summed E-state index contributed by atoms with van der Waals surface area (Å²) in [7, 11) is 0. The van der Waals surface area contributed by atoms with Crippen LogP contribution >= 0.6 is 0 Å². The van der Waals surface area contributed by atoms with Crippen LogP contribution in [0.2, 0.25) is 0 Å². The number of Topliss-reactive ketones (excluding diaryl/α,β-unsaturated/α-hetero) is 1. The van der Waals surface area contributed by atoms with Crippen molar-refractivity contribution >= 4 is 11.8 Å². The van der Waals surface area contributed by atoms with Gasteiger partial charge in [-0.3, -0.25) is 4.79 Å². The van der Waals surface area contributed by atoms with Gasteiger partial charge in [-0.05, 0) is 42.9 Å². The Morgan fingerprint density at radius 2 is 2.00 bits per heavy atom. The molecule has 0 spiro atoms. The molecule has 0 amide bonds. The van der Waals surface area contributed by atoms with Crippen LogP contribution in [-0.2, 0) is 14.3 Å². The first-order valence-electron chi connectivity index (χ1n) is 10.2. The summed E-state index contributed by atoms with van der Waals surface area (Å²) in [5.74, 6) is -0.520. The monoisotopic (exact) mass is 378 g/mol. The lowest BCUT2D eigenvalue weighted by Gasteiger charge is -2.61. The fourth-order valence-electron chi connectivity index (χ4n) is 6.70. The van der Waals surface area contributed by atoms with Crippen LogP contribution < -0.4 is 0 Å². The van der Waals surface area contributed by atoms with Gasteiger partial charge < -0.3 is 14.9 Å². The van der Waals surface area contributed by atoms with E-state index in [1.54, 1.807) is 6.08 Å². The number of carbonyl (C=O) groups is 2. The maximum atomic E-state index is 13.1. The van der Waals surface area contributed by atoms with Crippen molar-refractivity contribution < 1.29 is 24.5 Å². The molecule has 0 aromatic rings. The molecule has 152 valence electrons. The number of hydrogen-bond acceptors (Lipinski definition) is 5. The van der Waals surface area contributed by atoms with Crippen LogP contribution in [0.15, 0.2) is 12.7 Å². The van der Waals surface area contributed by atoms with E-state index in [9.17, 15) is 19.8 Å². The van der Waals surface area contributed by atoms with E-state index in [1.165, 1.54) is 0 Å². The Morgan fingerprint density at radius 1 is 1.33 bits per heavy atom. The molecular weight excluding hydrogens is 344 g/mol. The number of carbonyl (C=O) groups excluding carboxylic acids is 2. The van der Waals surface area contributed by atoms with Gasteiger partial charge in [0.1, 0.15) is 18.5 Å². The SMILES string of the molecule is C=C[C@]1(C)C[C@@H](OC(=O)CO)C2(C)[C@H](C)CCC3(CCC(=O)[C@H]32)[C@@H](C)[C@@H]1O. The van der Waals surface area contributed by atoms with Crippen LogP contribution in [0.4, 0.5) is 0 Å². The molecule has 0 saturated heterocycles. The number of ketones is 1. The van der Waals surface area contributed by atoms with Crippen LogP contribution in [0.1, 0.15) is 59.8 Å². The van der Waals surface area contributed by atoms with Crippen molar-refractivity contribution in [1.29, 1.82) is 0 Å². The molecule has 5 nitrogen and oxygen atoms in total. The van der Waals surface area contributed by atoms with E-state index < -0.39 is 35.6 Å². The quantitative estimate of drug-likeness (QED) is 0.583. The first-order chi connectivity index (χ1) is 12.6. The van der Waals surface area contributed by atoms with E-state index in [4.69, 9.17) is 4.74 Å². The molecule has 2 bridgehead atoms. The molecule has 2 unspecified atom stereocenters. The highest BCUT2D eigenvalue weighted by atomic mass is 16.6. The van der Waals surface area contributed by atoms with Crippen molar-refractivity contribution in [2.45, 2.75) is 72.0 Å². The van der Waals surface area contributed by atoms with Crippen LogP contribution in [-0.4, -0.2) is 40.8 Å². The Labute approximate surface area is 162 Å². The van der Waals surface area contributed by atoms with Gasteiger partial charge in [-0.25, -0.2) is 4.79 Å². The molecule has 8 atom stereocenters. The molecule has 0 aliphatic heterocycles. The summed E-state index contributed by atoms with van der Waals surface area (Å²) in [5, 5.41) is 20.6. The number of hydrogen-bond donors (Lipinski definition) is 2. The summed E-state index contributed by atoms with van der Waals surface area (Å²) in [6.45, 7) is 11.5. The molecule has 0 aromatic heterocycles. The second-order valence-electron chi connectivity index (χ2n) is 9.72. The third-order valence-corrected chi connectivity index (χ3v) is 8.70. The van der Waals surface area contributed by atoms with E-state index >= 15 is 0 Å². The third-order valence-electron chi connectivity index (χ3n) is 8.70. The second kappa shape index (κ2) is 6.70. The minimum Gasteiger partial charge on any atom is -0.460 e. The number of aliphatic hydroxyl groups is 2. The molecule has 5 heteroatoms. The summed E-state index contributed by atoms with van der Waals surface area (Å²) < 4.78 is 5.77. The number of aliphatic hydroxyl groups excluding tert-OH is 2. The molecule has 2 N–H and O–H groups in total. The Morgan fingerprint density at radius 3 is 2.59 bits per heavy atom. The summed E-state index contributed by atoms with van der Waals surface area (Å²) in [5.41, 5.74) is -1.43. The van der Waals surface area contributed by atoms with Crippen molar-refractivity contribution in [2.75, 3.05) is 6.61 Å². The lowest BCUT2D eigenvalue weighted by Crippen LogP contribution is -2.63. The third kappa shape index (κ3) is 2.72. The van der Waals surface area contributed by atoms with Gasteiger partial charge in [0.05, 0.1) is 6.10 Å². The van der Waals surface area contributed by atoms with Gasteiger partial charge in [0.2, 0.25) is 0 Å². The van der Waals surface area contributed by atoms with Crippen molar-refractivity contribution in [3.8, 4) is 0 Å². The Bertz CT molecular complexity index is 645. The van der Waals surface area contributed by atoms with Crippen molar-refractivity contribution in [3.63, 3.8) is 0 Å². The van der Waals surface area contributed by atoms with E-state index in [-0.39, 0.29) is 29.0 Å². The van der Waals surface area contributed by atoms with Crippen LogP contribution in [0.25, 0.3) is 0 Å². The van der Waals surface area contributed by atoms with Gasteiger partial charge in [0, 0.05) is 23.2 Å². The zero-order valence-corrected chi connectivity index (χ0v) is 17.0. The summed E-state index contributed by atoms with van der Waals surface area (Å²) >= 11 is 0. The van der Waals surface area contributed by atoms with Gasteiger partial charge in [-0.2, -0.15) is 0 Å². The van der Waals surface area contributed by atoms with E-state index in [2.05, 4.69) is 27.4 Å². The van der Waals surface area contributed by atoms with Gasteiger partial charge in [-0.15, -0.1) is 6.58 Å². The Kier molecular flexibility index (Phi) is 5.09. The standard InChI is InChI=1S/C22H34O5/c1-6-20(4)11-16(27-17(25)12-23)21(5)13(2)7-9-22(14(3)19(20)26)10-8-15(24)18(21)22/h6,13-14,16,18-19,23,26H,1,7-12H2,2-5H3/t13-,14+,16-,18+,19+,20-,21?,22?/m1/s1. The highest BCUT2D eigenvalue weighted by Crippen LogP contribution is 2.67. The zero-order chi connectivity index (χ0) is 20.2. The van der Waals surface area contributed by atoms with Gasteiger partial charge >= 0.3 is 5.97 Å². The molecule has 27 heavy (non-hydrogen) atoms. The van der Waals surface area contributed by atoms with Crippen molar-refractivity contribution in [2.24, 2.45) is 34.0 Å². The normalized spacial score (nSPS) is 49.7. The molecule has 0 radical (unpaired) electrons. The number of rotatable bonds is 3. The van der Waals surface area contributed by atoms with Crippen LogP contribution in [0, 0.1) is 34.0 Å². The predicted octanol–water partition coefficient (Wildman–Crippen LogP) is 2.89.